The molecule has 0 aliphatic rings. The lowest BCUT2D eigenvalue weighted by Gasteiger charge is -2.20. The number of hydrogen-bond acceptors (Lipinski definition) is 5. The smallest absolute Gasteiger partial charge is 0.322 e. The third-order valence-electron chi connectivity index (χ3n) is 2.98. The van der Waals surface area contributed by atoms with Gasteiger partial charge in [-0.2, -0.15) is 0 Å². The molecule has 3 amide bonds. The van der Waals surface area contributed by atoms with Gasteiger partial charge in [0.2, 0.25) is 17.7 Å². The van der Waals surface area contributed by atoms with E-state index in [0.717, 1.165) is 0 Å². The Hall–Kier alpha value is -2.16. The summed E-state index contributed by atoms with van der Waals surface area (Å²) in [4.78, 5) is 45.7. The van der Waals surface area contributed by atoms with Gasteiger partial charge in [0.25, 0.3) is 0 Å². The molecule has 0 aromatic carbocycles. The van der Waals surface area contributed by atoms with Crippen molar-refractivity contribution in [2.45, 2.75) is 52.2 Å². The van der Waals surface area contributed by atoms with Crippen molar-refractivity contribution < 1.29 is 24.3 Å². The zero-order chi connectivity index (χ0) is 18.2. The average molecular weight is 330 g/mol. The highest BCUT2D eigenvalue weighted by Crippen LogP contribution is 2.02. The highest BCUT2D eigenvalue weighted by Gasteiger charge is 2.23. The van der Waals surface area contributed by atoms with E-state index in [-0.39, 0.29) is 5.92 Å². The van der Waals surface area contributed by atoms with Crippen LogP contribution in [0.2, 0.25) is 0 Å². The molecule has 9 heteroatoms. The molecular weight excluding hydrogens is 304 g/mol. The average Bonchev–Trinajstić information content (AvgIpc) is 2.43. The molecule has 0 fully saturated rings. The van der Waals surface area contributed by atoms with Crippen LogP contribution in [-0.4, -0.2) is 53.5 Å². The summed E-state index contributed by atoms with van der Waals surface area (Å²) in [6.45, 7) is 6.21. The zero-order valence-corrected chi connectivity index (χ0v) is 13.9. The van der Waals surface area contributed by atoms with Crippen LogP contribution in [0.3, 0.4) is 0 Å². The Morgan fingerprint density at radius 1 is 0.913 bits per heavy atom. The molecule has 132 valence electrons. The minimum absolute atomic E-state index is 0.248. The van der Waals surface area contributed by atoms with E-state index in [1.165, 1.54) is 13.8 Å². The molecule has 0 saturated carbocycles. The third-order valence-corrected chi connectivity index (χ3v) is 2.98. The molecule has 0 heterocycles. The Morgan fingerprint density at radius 3 is 1.87 bits per heavy atom. The van der Waals surface area contributed by atoms with Crippen LogP contribution < -0.4 is 21.7 Å². The fourth-order valence-corrected chi connectivity index (χ4v) is 1.72. The molecule has 0 radical (unpaired) electrons. The van der Waals surface area contributed by atoms with E-state index in [0.29, 0.717) is 6.42 Å². The van der Waals surface area contributed by atoms with Crippen LogP contribution in [-0.2, 0) is 19.2 Å². The first-order chi connectivity index (χ1) is 10.5. The number of carbonyl (C=O) groups is 4. The first kappa shape index (κ1) is 20.8. The summed E-state index contributed by atoms with van der Waals surface area (Å²) in [7, 11) is 0. The molecule has 0 bridgehead atoms. The fourth-order valence-electron chi connectivity index (χ4n) is 1.72. The maximum Gasteiger partial charge on any atom is 0.322 e. The fraction of sp³-hybridized carbons (Fsp3) is 0.714. The van der Waals surface area contributed by atoms with Gasteiger partial charge in [0.05, 0.1) is 6.04 Å². The summed E-state index contributed by atoms with van der Waals surface area (Å²) in [6, 6.07) is -2.50. The third kappa shape index (κ3) is 8.77. The second-order valence-electron chi connectivity index (χ2n) is 5.81. The van der Waals surface area contributed by atoms with Crippen molar-refractivity contribution in [3.63, 3.8) is 0 Å². The van der Waals surface area contributed by atoms with Crippen molar-refractivity contribution in [1.29, 1.82) is 0 Å². The summed E-state index contributed by atoms with van der Waals surface area (Å²) in [5.74, 6) is -2.57. The molecule has 6 N–H and O–H groups in total. The number of hydrogen-bond donors (Lipinski definition) is 5. The minimum Gasteiger partial charge on any atom is -0.480 e. The van der Waals surface area contributed by atoms with Gasteiger partial charge in [-0.05, 0) is 26.2 Å². The normalized spacial score (nSPS) is 14.5. The van der Waals surface area contributed by atoms with Crippen LogP contribution in [0, 0.1) is 5.92 Å². The highest BCUT2D eigenvalue weighted by molar-refractivity contribution is 5.93. The van der Waals surface area contributed by atoms with Gasteiger partial charge in [-0.1, -0.05) is 13.8 Å². The van der Waals surface area contributed by atoms with Crippen molar-refractivity contribution in [1.82, 2.24) is 16.0 Å². The van der Waals surface area contributed by atoms with E-state index in [9.17, 15) is 19.2 Å². The SMILES string of the molecule is CC(C)CC(N)C(=O)NC(C)C(=O)NC(C)C(=O)NCC(=O)O. The van der Waals surface area contributed by atoms with Gasteiger partial charge in [0, 0.05) is 0 Å². The van der Waals surface area contributed by atoms with Gasteiger partial charge in [-0.25, -0.2) is 0 Å². The van der Waals surface area contributed by atoms with Crippen LogP contribution in [0.5, 0.6) is 0 Å². The second kappa shape index (κ2) is 9.78. The van der Waals surface area contributed by atoms with Crippen molar-refractivity contribution in [3.8, 4) is 0 Å². The van der Waals surface area contributed by atoms with E-state index < -0.39 is 48.4 Å². The summed E-state index contributed by atoms with van der Waals surface area (Å²) >= 11 is 0. The molecule has 0 spiro atoms. The molecule has 23 heavy (non-hydrogen) atoms. The Bertz CT molecular complexity index is 452. The van der Waals surface area contributed by atoms with Gasteiger partial charge in [0.1, 0.15) is 18.6 Å². The number of carboxylic acids is 1. The number of rotatable bonds is 9. The zero-order valence-electron chi connectivity index (χ0n) is 13.9. The molecule has 0 aromatic rings. The molecular formula is C14H26N4O5. The standard InChI is InChI=1S/C14H26N4O5/c1-7(2)5-10(15)14(23)18-9(4)13(22)17-8(3)12(21)16-6-11(19)20/h7-10H,5-6,15H2,1-4H3,(H,16,21)(H,17,22)(H,18,23)(H,19,20). The summed E-state index contributed by atoms with van der Waals surface area (Å²) in [5.41, 5.74) is 5.72. The van der Waals surface area contributed by atoms with E-state index >= 15 is 0 Å². The van der Waals surface area contributed by atoms with Crippen LogP contribution in [0.15, 0.2) is 0 Å². The summed E-state index contributed by atoms with van der Waals surface area (Å²) < 4.78 is 0. The van der Waals surface area contributed by atoms with Gasteiger partial charge in [0.15, 0.2) is 0 Å². The maximum absolute atomic E-state index is 11.9. The first-order valence-electron chi connectivity index (χ1n) is 7.40. The predicted octanol–water partition coefficient (Wildman–Crippen LogP) is -1.43. The van der Waals surface area contributed by atoms with Crippen LogP contribution in [0.4, 0.5) is 0 Å². The number of carbonyl (C=O) groups excluding carboxylic acids is 3. The lowest BCUT2D eigenvalue weighted by atomic mass is 10.0. The molecule has 0 saturated heterocycles. The molecule has 3 atom stereocenters. The molecule has 0 aromatic heterocycles. The molecule has 3 unspecified atom stereocenters. The minimum atomic E-state index is -1.18. The van der Waals surface area contributed by atoms with Crippen molar-refractivity contribution in [2.75, 3.05) is 6.54 Å². The van der Waals surface area contributed by atoms with Gasteiger partial charge in [-0.15, -0.1) is 0 Å². The van der Waals surface area contributed by atoms with E-state index in [4.69, 9.17) is 10.8 Å². The number of carboxylic acid groups (broad SMARTS) is 1. The Balaban J connectivity index is 4.36. The topological polar surface area (TPSA) is 151 Å². The number of nitrogens with one attached hydrogen (secondary N) is 3. The first-order valence-corrected chi connectivity index (χ1v) is 7.40. The number of aliphatic carboxylic acids is 1. The number of nitrogens with two attached hydrogens (primary N) is 1. The molecule has 9 nitrogen and oxygen atoms in total. The van der Waals surface area contributed by atoms with Crippen molar-refractivity contribution in [2.24, 2.45) is 11.7 Å². The van der Waals surface area contributed by atoms with Crippen LogP contribution in [0.1, 0.15) is 34.1 Å². The molecule has 0 aliphatic carbocycles. The predicted molar refractivity (Wildman–Crippen MR) is 83.3 cm³/mol. The second-order valence-corrected chi connectivity index (χ2v) is 5.81. The largest absolute Gasteiger partial charge is 0.480 e. The summed E-state index contributed by atoms with van der Waals surface area (Å²) in [6.07, 6.45) is 0.494. The molecule has 0 rings (SSSR count). The van der Waals surface area contributed by atoms with E-state index in [1.54, 1.807) is 0 Å². The van der Waals surface area contributed by atoms with Crippen molar-refractivity contribution in [3.05, 3.63) is 0 Å². The van der Waals surface area contributed by atoms with Gasteiger partial charge < -0.3 is 26.8 Å². The number of amides is 3. The Labute approximate surface area is 135 Å². The molecule has 0 aliphatic heterocycles. The highest BCUT2D eigenvalue weighted by atomic mass is 16.4. The van der Waals surface area contributed by atoms with Crippen LogP contribution >= 0.6 is 0 Å². The Morgan fingerprint density at radius 2 is 1.39 bits per heavy atom. The summed E-state index contributed by atoms with van der Waals surface area (Å²) in [5, 5.41) is 15.5. The van der Waals surface area contributed by atoms with E-state index in [2.05, 4.69) is 16.0 Å². The monoisotopic (exact) mass is 330 g/mol. The van der Waals surface area contributed by atoms with Gasteiger partial charge in [-0.3, -0.25) is 19.2 Å². The van der Waals surface area contributed by atoms with Crippen molar-refractivity contribution >= 4 is 23.7 Å². The Kier molecular flexibility index (Phi) is 8.86. The van der Waals surface area contributed by atoms with Gasteiger partial charge >= 0.3 is 5.97 Å². The lowest BCUT2D eigenvalue weighted by Crippen LogP contribution is -2.54. The van der Waals surface area contributed by atoms with Crippen LogP contribution in [0.25, 0.3) is 0 Å². The maximum atomic E-state index is 11.9. The lowest BCUT2D eigenvalue weighted by molar-refractivity contribution is -0.138. The quantitative estimate of drug-likeness (QED) is 0.350. The van der Waals surface area contributed by atoms with E-state index in [1.807, 2.05) is 13.8 Å².